The first-order valence-electron chi connectivity index (χ1n) is 10.4. The molecule has 0 saturated carbocycles. The van der Waals surface area contributed by atoms with E-state index in [-0.39, 0.29) is 24.7 Å². The summed E-state index contributed by atoms with van der Waals surface area (Å²) in [6.07, 6.45) is 3.39. The highest BCUT2D eigenvalue weighted by molar-refractivity contribution is 6.09. The number of carbonyl (C=O) groups excluding carboxylic acids is 2. The highest BCUT2D eigenvalue weighted by Crippen LogP contribution is 2.40. The number of anilines is 2. The first-order chi connectivity index (χ1) is 14.9. The van der Waals surface area contributed by atoms with Gasteiger partial charge in [-0.2, -0.15) is 0 Å². The number of aromatic nitrogens is 2. The van der Waals surface area contributed by atoms with Crippen LogP contribution < -0.4 is 5.32 Å². The molecule has 3 aromatic rings. The van der Waals surface area contributed by atoms with E-state index in [0.717, 1.165) is 28.3 Å². The van der Waals surface area contributed by atoms with Crippen LogP contribution in [0.2, 0.25) is 0 Å². The predicted octanol–water partition coefficient (Wildman–Crippen LogP) is 3.40. The van der Waals surface area contributed by atoms with Crippen LogP contribution in [0.4, 0.5) is 11.4 Å². The Kier molecular flexibility index (Phi) is 5.86. The van der Waals surface area contributed by atoms with Gasteiger partial charge in [0.2, 0.25) is 5.91 Å². The Balaban J connectivity index is 1.72. The Morgan fingerprint density at radius 2 is 1.94 bits per heavy atom. The third kappa shape index (κ3) is 4.36. The van der Waals surface area contributed by atoms with Crippen molar-refractivity contribution in [3.63, 3.8) is 0 Å². The zero-order valence-corrected chi connectivity index (χ0v) is 17.6. The predicted molar refractivity (Wildman–Crippen MR) is 119 cm³/mol. The molecule has 1 amide bonds. The molecule has 0 aliphatic heterocycles. The van der Waals surface area contributed by atoms with Gasteiger partial charge in [0, 0.05) is 55.8 Å². The maximum atomic E-state index is 13.2. The maximum Gasteiger partial charge on any atom is 0.226 e. The van der Waals surface area contributed by atoms with E-state index in [1.54, 1.807) is 26.4 Å². The number of para-hydroxylation sites is 1. The largest absolute Gasteiger partial charge is 0.392 e. The topological polar surface area (TPSA) is 98.3 Å². The SMILES string of the molecule is CC(O)CN(C)C(=O)C1CC(=O)c2c([nH]c(-c3ccncc3)c2Nc2ccccc2)C1. The number of benzene rings is 1. The summed E-state index contributed by atoms with van der Waals surface area (Å²) in [5.41, 5.74) is 4.67. The van der Waals surface area contributed by atoms with Crippen molar-refractivity contribution in [2.24, 2.45) is 5.92 Å². The highest BCUT2D eigenvalue weighted by Gasteiger charge is 2.36. The molecule has 2 aromatic heterocycles. The molecular weight excluding hydrogens is 392 g/mol. The molecule has 1 aliphatic rings. The number of ketones is 1. The number of H-pyrrole nitrogens is 1. The Morgan fingerprint density at radius 1 is 1.23 bits per heavy atom. The maximum absolute atomic E-state index is 13.2. The number of fused-ring (bicyclic) bond motifs is 1. The van der Waals surface area contributed by atoms with Crippen molar-refractivity contribution >= 4 is 23.1 Å². The summed E-state index contributed by atoms with van der Waals surface area (Å²) in [4.78, 5) is 35.1. The number of rotatable bonds is 6. The lowest BCUT2D eigenvalue weighted by molar-refractivity contribution is -0.135. The summed E-state index contributed by atoms with van der Waals surface area (Å²) in [7, 11) is 1.66. The molecule has 0 spiro atoms. The van der Waals surface area contributed by atoms with E-state index < -0.39 is 12.0 Å². The smallest absolute Gasteiger partial charge is 0.226 e. The van der Waals surface area contributed by atoms with E-state index in [9.17, 15) is 14.7 Å². The van der Waals surface area contributed by atoms with Crippen molar-refractivity contribution in [1.82, 2.24) is 14.9 Å². The summed E-state index contributed by atoms with van der Waals surface area (Å²) >= 11 is 0. The molecule has 4 rings (SSSR count). The van der Waals surface area contributed by atoms with E-state index in [0.29, 0.717) is 12.0 Å². The van der Waals surface area contributed by atoms with Gasteiger partial charge in [-0.15, -0.1) is 0 Å². The normalized spacial score (nSPS) is 16.5. The number of aromatic amines is 1. The van der Waals surface area contributed by atoms with Gasteiger partial charge >= 0.3 is 0 Å². The van der Waals surface area contributed by atoms with E-state index in [4.69, 9.17) is 0 Å². The minimum absolute atomic E-state index is 0.0694. The fourth-order valence-corrected chi connectivity index (χ4v) is 4.16. The quantitative estimate of drug-likeness (QED) is 0.570. The third-order valence-corrected chi connectivity index (χ3v) is 5.51. The molecule has 2 unspecified atom stereocenters. The summed E-state index contributed by atoms with van der Waals surface area (Å²) < 4.78 is 0. The van der Waals surface area contributed by atoms with E-state index >= 15 is 0 Å². The molecule has 7 heteroatoms. The van der Waals surface area contributed by atoms with Crippen molar-refractivity contribution < 1.29 is 14.7 Å². The van der Waals surface area contributed by atoms with Crippen LogP contribution in [0.15, 0.2) is 54.9 Å². The van der Waals surface area contributed by atoms with Crippen molar-refractivity contribution in [2.75, 3.05) is 18.9 Å². The van der Waals surface area contributed by atoms with Gasteiger partial charge in [0.25, 0.3) is 0 Å². The van der Waals surface area contributed by atoms with Crippen LogP contribution in [-0.4, -0.2) is 51.4 Å². The zero-order valence-electron chi connectivity index (χ0n) is 17.6. The van der Waals surface area contributed by atoms with Crippen LogP contribution in [0, 0.1) is 5.92 Å². The molecule has 2 atom stereocenters. The molecule has 2 heterocycles. The molecule has 1 aliphatic carbocycles. The molecular formula is C24H26N4O3. The first kappa shape index (κ1) is 20.8. The fraction of sp³-hybridized carbons (Fsp3) is 0.292. The van der Waals surface area contributed by atoms with E-state index in [1.807, 2.05) is 42.5 Å². The van der Waals surface area contributed by atoms with Crippen LogP contribution in [0.25, 0.3) is 11.3 Å². The van der Waals surface area contributed by atoms with Crippen LogP contribution in [0.1, 0.15) is 29.4 Å². The van der Waals surface area contributed by atoms with Crippen LogP contribution in [-0.2, 0) is 11.2 Å². The van der Waals surface area contributed by atoms with Gasteiger partial charge in [-0.25, -0.2) is 0 Å². The highest BCUT2D eigenvalue weighted by atomic mass is 16.3. The molecule has 0 saturated heterocycles. The Bertz CT molecular complexity index is 1080. The van der Waals surface area contributed by atoms with E-state index in [1.165, 1.54) is 4.90 Å². The van der Waals surface area contributed by atoms with Gasteiger partial charge in [0.1, 0.15) is 0 Å². The number of amides is 1. The number of nitrogens with zero attached hydrogens (tertiary/aromatic N) is 2. The average molecular weight is 418 g/mol. The number of nitrogens with one attached hydrogen (secondary N) is 2. The Labute approximate surface area is 181 Å². The van der Waals surface area contributed by atoms with E-state index in [2.05, 4.69) is 15.3 Å². The molecule has 7 nitrogen and oxygen atoms in total. The summed E-state index contributed by atoms with van der Waals surface area (Å²) in [6.45, 7) is 1.88. The second-order valence-electron chi connectivity index (χ2n) is 8.05. The van der Waals surface area contributed by atoms with Gasteiger partial charge in [-0.05, 0) is 31.2 Å². The number of hydrogen-bond acceptors (Lipinski definition) is 5. The van der Waals surface area contributed by atoms with Gasteiger partial charge in [-0.3, -0.25) is 14.6 Å². The summed E-state index contributed by atoms with van der Waals surface area (Å²) in [5.74, 6) is -0.644. The summed E-state index contributed by atoms with van der Waals surface area (Å²) in [5, 5.41) is 13.0. The fourth-order valence-electron chi connectivity index (χ4n) is 4.16. The van der Waals surface area contributed by atoms with Gasteiger partial charge < -0.3 is 20.3 Å². The molecule has 0 bridgehead atoms. The Morgan fingerprint density at radius 3 is 2.61 bits per heavy atom. The average Bonchev–Trinajstić information content (AvgIpc) is 3.12. The number of aliphatic hydroxyl groups excluding tert-OH is 1. The first-order valence-corrected chi connectivity index (χ1v) is 10.4. The zero-order chi connectivity index (χ0) is 22.0. The monoisotopic (exact) mass is 418 g/mol. The Hall–Kier alpha value is -3.45. The lowest BCUT2D eigenvalue weighted by Gasteiger charge is -2.27. The number of aliphatic hydroxyl groups is 1. The van der Waals surface area contributed by atoms with Gasteiger partial charge in [-0.1, -0.05) is 18.2 Å². The van der Waals surface area contributed by atoms with Crippen molar-refractivity contribution in [3.8, 4) is 11.3 Å². The summed E-state index contributed by atoms with van der Waals surface area (Å²) in [6, 6.07) is 13.5. The lowest BCUT2D eigenvalue weighted by atomic mass is 9.85. The lowest BCUT2D eigenvalue weighted by Crippen LogP contribution is -2.40. The van der Waals surface area contributed by atoms with Crippen LogP contribution in [0.5, 0.6) is 0 Å². The van der Waals surface area contributed by atoms with Gasteiger partial charge in [0.15, 0.2) is 5.78 Å². The van der Waals surface area contributed by atoms with Crippen molar-refractivity contribution in [3.05, 3.63) is 66.1 Å². The number of pyridine rings is 1. The molecule has 3 N–H and O–H groups in total. The number of likely N-dealkylation sites (N-methyl/N-ethyl adjacent to an activating group) is 1. The third-order valence-electron chi connectivity index (χ3n) is 5.51. The number of hydrogen-bond donors (Lipinski definition) is 3. The van der Waals surface area contributed by atoms with Crippen LogP contribution in [0.3, 0.4) is 0 Å². The second kappa shape index (κ2) is 8.73. The number of carbonyl (C=O) groups is 2. The molecule has 0 fully saturated rings. The molecule has 160 valence electrons. The molecule has 1 aromatic carbocycles. The van der Waals surface area contributed by atoms with Gasteiger partial charge in [0.05, 0.1) is 29.0 Å². The molecule has 31 heavy (non-hydrogen) atoms. The van der Waals surface area contributed by atoms with Crippen molar-refractivity contribution in [1.29, 1.82) is 0 Å². The standard InChI is InChI=1S/C24H26N4O3/c1-15(29)14-28(2)24(31)17-12-19-21(20(30)13-17)23(26-18-6-4-3-5-7-18)22(27-19)16-8-10-25-11-9-16/h3-11,15,17,26-27,29H,12-14H2,1-2H3. The second-order valence-corrected chi connectivity index (χ2v) is 8.05. The minimum Gasteiger partial charge on any atom is -0.392 e. The minimum atomic E-state index is -0.616. The van der Waals surface area contributed by atoms with Crippen LogP contribution >= 0.6 is 0 Å². The van der Waals surface area contributed by atoms with Crippen molar-refractivity contribution in [2.45, 2.75) is 25.9 Å². The molecule has 0 radical (unpaired) electrons. The number of Topliss-reactive ketones (excluding diaryl/α,β-unsaturated/α-hetero) is 1.